The number of thiophene rings is 1. The standard InChI is InChI=1S/C16H20N2S/c1-2-18(12-16-4-3-7-19-16)11-13-5-6-14-9-17-10-15(14)8-13/h3-8,17H,2,9-12H2,1H3. The molecule has 0 aliphatic carbocycles. The fourth-order valence-electron chi connectivity index (χ4n) is 2.61. The van der Waals surface area contributed by atoms with Crippen LogP contribution in [0.4, 0.5) is 0 Å². The molecular weight excluding hydrogens is 252 g/mol. The molecule has 100 valence electrons. The maximum atomic E-state index is 3.41. The smallest absolute Gasteiger partial charge is 0.0331 e. The second-order valence-corrected chi connectivity index (χ2v) is 6.12. The molecule has 1 N–H and O–H groups in total. The van der Waals surface area contributed by atoms with Gasteiger partial charge in [0.2, 0.25) is 0 Å². The number of rotatable bonds is 5. The maximum Gasteiger partial charge on any atom is 0.0331 e. The highest BCUT2D eigenvalue weighted by Crippen LogP contribution is 2.19. The van der Waals surface area contributed by atoms with Crippen LogP contribution in [0.15, 0.2) is 35.7 Å². The zero-order valence-electron chi connectivity index (χ0n) is 11.4. The second kappa shape index (κ2) is 5.87. The summed E-state index contributed by atoms with van der Waals surface area (Å²) in [4.78, 5) is 3.94. The Morgan fingerprint density at radius 3 is 2.84 bits per heavy atom. The van der Waals surface area contributed by atoms with E-state index in [1.54, 1.807) is 0 Å². The lowest BCUT2D eigenvalue weighted by Gasteiger charge is -2.20. The predicted molar refractivity (Wildman–Crippen MR) is 81.1 cm³/mol. The summed E-state index contributed by atoms with van der Waals surface area (Å²) < 4.78 is 0. The molecule has 2 nitrogen and oxygen atoms in total. The van der Waals surface area contributed by atoms with Crippen LogP contribution >= 0.6 is 11.3 Å². The minimum Gasteiger partial charge on any atom is -0.309 e. The molecule has 2 aromatic rings. The zero-order chi connectivity index (χ0) is 13.1. The highest BCUT2D eigenvalue weighted by molar-refractivity contribution is 7.09. The Hall–Kier alpha value is -1.16. The molecule has 1 aliphatic heterocycles. The lowest BCUT2D eigenvalue weighted by Crippen LogP contribution is -2.21. The lowest BCUT2D eigenvalue weighted by atomic mass is 10.1. The van der Waals surface area contributed by atoms with E-state index in [9.17, 15) is 0 Å². The van der Waals surface area contributed by atoms with Gasteiger partial charge in [0.05, 0.1) is 0 Å². The van der Waals surface area contributed by atoms with Gasteiger partial charge in [-0.05, 0) is 34.7 Å². The van der Waals surface area contributed by atoms with Gasteiger partial charge in [0.25, 0.3) is 0 Å². The van der Waals surface area contributed by atoms with Crippen molar-refractivity contribution >= 4 is 11.3 Å². The topological polar surface area (TPSA) is 15.3 Å². The van der Waals surface area contributed by atoms with Crippen LogP contribution in [0, 0.1) is 0 Å². The normalized spacial score (nSPS) is 14.0. The molecular formula is C16H20N2S. The molecule has 1 aromatic carbocycles. The SMILES string of the molecule is CCN(Cc1ccc2c(c1)CNC2)Cc1cccs1. The van der Waals surface area contributed by atoms with E-state index >= 15 is 0 Å². The van der Waals surface area contributed by atoms with Crippen molar-refractivity contribution in [1.29, 1.82) is 0 Å². The maximum absolute atomic E-state index is 3.41. The summed E-state index contributed by atoms with van der Waals surface area (Å²) in [6.07, 6.45) is 0. The minimum atomic E-state index is 1.03. The van der Waals surface area contributed by atoms with Crippen LogP contribution in [-0.4, -0.2) is 11.4 Å². The third-order valence-corrected chi connectivity index (χ3v) is 4.58. The van der Waals surface area contributed by atoms with Crippen molar-refractivity contribution < 1.29 is 0 Å². The van der Waals surface area contributed by atoms with Gasteiger partial charge in [-0.15, -0.1) is 11.3 Å². The van der Waals surface area contributed by atoms with E-state index in [1.807, 2.05) is 11.3 Å². The summed E-state index contributed by atoms with van der Waals surface area (Å²) in [5, 5.41) is 5.56. The number of fused-ring (bicyclic) bond motifs is 1. The molecule has 0 spiro atoms. The molecule has 0 unspecified atom stereocenters. The van der Waals surface area contributed by atoms with Crippen molar-refractivity contribution in [2.24, 2.45) is 0 Å². The Kier molecular flexibility index (Phi) is 3.97. The van der Waals surface area contributed by atoms with Gasteiger partial charge in [-0.1, -0.05) is 31.2 Å². The molecule has 0 atom stereocenters. The molecule has 3 heteroatoms. The first-order valence-corrected chi connectivity index (χ1v) is 7.79. The van der Waals surface area contributed by atoms with E-state index in [0.717, 1.165) is 32.7 Å². The summed E-state index contributed by atoms with van der Waals surface area (Å²) in [7, 11) is 0. The Bertz CT molecular complexity index is 534. The fourth-order valence-corrected chi connectivity index (χ4v) is 3.35. The molecule has 0 amide bonds. The van der Waals surface area contributed by atoms with E-state index in [4.69, 9.17) is 0 Å². The van der Waals surface area contributed by atoms with E-state index in [1.165, 1.54) is 21.6 Å². The van der Waals surface area contributed by atoms with Crippen LogP contribution in [-0.2, 0) is 26.2 Å². The van der Waals surface area contributed by atoms with Crippen molar-refractivity contribution in [3.63, 3.8) is 0 Å². The molecule has 1 aromatic heterocycles. The molecule has 3 rings (SSSR count). The first-order valence-electron chi connectivity index (χ1n) is 6.91. The summed E-state index contributed by atoms with van der Waals surface area (Å²) in [6.45, 7) is 7.49. The molecule has 2 heterocycles. The van der Waals surface area contributed by atoms with E-state index in [0.29, 0.717) is 0 Å². The number of nitrogens with one attached hydrogen (secondary N) is 1. The minimum absolute atomic E-state index is 1.03. The van der Waals surface area contributed by atoms with Gasteiger partial charge < -0.3 is 5.32 Å². The van der Waals surface area contributed by atoms with Crippen LogP contribution in [0.3, 0.4) is 0 Å². The molecule has 0 fully saturated rings. The van der Waals surface area contributed by atoms with E-state index in [-0.39, 0.29) is 0 Å². The summed E-state index contributed by atoms with van der Waals surface area (Å²) in [5.41, 5.74) is 4.37. The molecule has 0 bridgehead atoms. The van der Waals surface area contributed by atoms with Gasteiger partial charge in [-0.2, -0.15) is 0 Å². The van der Waals surface area contributed by atoms with Crippen molar-refractivity contribution in [3.05, 3.63) is 57.3 Å². The number of nitrogens with zero attached hydrogens (tertiary/aromatic N) is 1. The second-order valence-electron chi connectivity index (χ2n) is 5.09. The number of hydrogen-bond acceptors (Lipinski definition) is 3. The quantitative estimate of drug-likeness (QED) is 0.897. The van der Waals surface area contributed by atoms with Gasteiger partial charge >= 0.3 is 0 Å². The van der Waals surface area contributed by atoms with Gasteiger partial charge in [0.1, 0.15) is 0 Å². The Labute approximate surface area is 119 Å². The van der Waals surface area contributed by atoms with Crippen LogP contribution in [0.1, 0.15) is 28.5 Å². The predicted octanol–water partition coefficient (Wildman–Crippen LogP) is 3.37. The summed E-state index contributed by atoms with van der Waals surface area (Å²) >= 11 is 1.85. The van der Waals surface area contributed by atoms with Crippen molar-refractivity contribution in [1.82, 2.24) is 10.2 Å². The highest BCUT2D eigenvalue weighted by Gasteiger charge is 2.11. The van der Waals surface area contributed by atoms with E-state index < -0.39 is 0 Å². The van der Waals surface area contributed by atoms with Crippen molar-refractivity contribution in [2.45, 2.75) is 33.1 Å². The van der Waals surface area contributed by atoms with Crippen molar-refractivity contribution in [3.8, 4) is 0 Å². The average Bonchev–Trinajstić information content (AvgIpc) is 3.08. The highest BCUT2D eigenvalue weighted by atomic mass is 32.1. The summed E-state index contributed by atoms with van der Waals surface area (Å²) in [5.74, 6) is 0. The van der Waals surface area contributed by atoms with Crippen molar-refractivity contribution in [2.75, 3.05) is 6.54 Å². The summed E-state index contributed by atoms with van der Waals surface area (Å²) in [6, 6.07) is 11.3. The largest absolute Gasteiger partial charge is 0.309 e. The molecule has 0 saturated carbocycles. The first-order chi connectivity index (χ1) is 9.35. The molecule has 0 radical (unpaired) electrons. The van der Waals surface area contributed by atoms with Crippen LogP contribution in [0.2, 0.25) is 0 Å². The van der Waals surface area contributed by atoms with Gasteiger partial charge in [-0.3, -0.25) is 4.90 Å². The molecule has 1 aliphatic rings. The third kappa shape index (κ3) is 3.06. The Balaban J connectivity index is 1.68. The van der Waals surface area contributed by atoms with Gasteiger partial charge in [-0.25, -0.2) is 0 Å². The molecule has 0 saturated heterocycles. The lowest BCUT2D eigenvalue weighted by molar-refractivity contribution is 0.274. The monoisotopic (exact) mass is 272 g/mol. The fraction of sp³-hybridized carbons (Fsp3) is 0.375. The Morgan fingerprint density at radius 1 is 1.16 bits per heavy atom. The number of hydrogen-bond donors (Lipinski definition) is 1. The zero-order valence-corrected chi connectivity index (χ0v) is 12.2. The van der Waals surface area contributed by atoms with E-state index in [2.05, 4.69) is 52.9 Å². The third-order valence-electron chi connectivity index (χ3n) is 3.71. The van der Waals surface area contributed by atoms with Gasteiger partial charge in [0.15, 0.2) is 0 Å². The Morgan fingerprint density at radius 2 is 2.05 bits per heavy atom. The molecule has 19 heavy (non-hydrogen) atoms. The van der Waals surface area contributed by atoms with Crippen LogP contribution in [0.5, 0.6) is 0 Å². The van der Waals surface area contributed by atoms with Crippen LogP contribution < -0.4 is 5.32 Å². The average molecular weight is 272 g/mol. The first kappa shape index (κ1) is 12.9. The van der Waals surface area contributed by atoms with Gasteiger partial charge in [0, 0.05) is 31.1 Å². The number of benzene rings is 1. The van der Waals surface area contributed by atoms with Crippen LogP contribution in [0.25, 0.3) is 0 Å².